The van der Waals surface area contributed by atoms with Crippen molar-refractivity contribution in [2.45, 2.75) is 26.8 Å². The molecule has 4 heteroatoms. The standard InChI is InChI=1S/C18H22N2O2/c1-12-7-6-10-16(14(12)3)20-17-9-5-4-8-15(17)18(22)19-13(2)11-21/h4-10,13,20-21H,11H2,1-3H3,(H,19,22). The number of amides is 1. The Morgan fingerprint density at radius 1 is 1.09 bits per heavy atom. The van der Waals surface area contributed by atoms with Crippen LogP contribution in [0.5, 0.6) is 0 Å². The molecule has 0 radical (unpaired) electrons. The lowest BCUT2D eigenvalue weighted by Gasteiger charge is -2.16. The monoisotopic (exact) mass is 298 g/mol. The molecule has 2 aromatic rings. The van der Waals surface area contributed by atoms with Crippen molar-refractivity contribution >= 4 is 17.3 Å². The zero-order valence-electron chi connectivity index (χ0n) is 13.2. The SMILES string of the molecule is Cc1cccc(Nc2ccccc2C(=O)NC(C)CO)c1C. The van der Waals surface area contributed by atoms with Crippen LogP contribution in [0.2, 0.25) is 0 Å². The molecular formula is C18H22N2O2. The molecule has 116 valence electrons. The summed E-state index contributed by atoms with van der Waals surface area (Å²) >= 11 is 0. The van der Waals surface area contributed by atoms with Crippen LogP contribution in [0.3, 0.4) is 0 Å². The first-order valence-electron chi connectivity index (χ1n) is 7.37. The van der Waals surface area contributed by atoms with Gasteiger partial charge in [-0.3, -0.25) is 4.79 Å². The first-order chi connectivity index (χ1) is 10.5. The zero-order chi connectivity index (χ0) is 16.1. The molecule has 0 saturated carbocycles. The van der Waals surface area contributed by atoms with Gasteiger partial charge in [0.15, 0.2) is 0 Å². The van der Waals surface area contributed by atoms with Crippen LogP contribution >= 0.6 is 0 Å². The Morgan fingerprint density at radius 2 is 1.77 bits per heavy atom. The van der Waals surface area contributed by atoms with Crippen LogP contribution in [-0.2, 0) is 0 Å². The van der Waals surface area contributed by atoms with E-state index in [-0.39, 0.29) is 18.6 Å². The van der Waals surface area contributed by atoms with Gasteiger partial charge in [-0.05, 0) is 50.1 Å². The Bertz CT molecular complexity index is 668. The molecule has 0 fully saturated rings. The molecule has 0 aromatic heterocycles. The maximum atomic E-state index is 12.3. The fourth-order valence-corrected chi connectivity index (χ4v) is 2.17. The van der Waals surface area contributed by atoms with E-state index in [4.69, 9.17) is 5.11 Å². The van der Waals surface area contributed by atoms with Crippen molar-refractivity contribution in [2.24, 2.45) is 0 Å². The average molecular weight is 298 g/mol. The van der Waals surface area contributed by atoms with E-state index in [0.29, 0.717) is 5.56 Å². The second-order valence-corrected chi connectivity index (χ2v) is 5.48. The molecule has 3 N–H and O–H groups in total. The molecule has 2 rings (SSSR count). The van der Waals surface area contributed by atoms with Crippen molar-refractivity contribution in [1.29, 1.82) is 0 Å². The molecular weight excluding hydrogens is 276 g/mol. The average Bonchev–Trinajstić information content (AvgIpc) is 2.52. The number of aliphatic hydroxyl groups excluding tert-OH is 1. The molecule has 0 saturated heterocycles. The minimum absolute atomic E-state index is 0.0850. The van der Waals surface area contributed by atoms with E-state index >= 15 is 0 Å². The second kappa shape index (κ2) is 7.09. The predicted molar refractivity (Wildman–Crippen MR) is 89.7 cm³/mol. The highest BCUT2D eigenvalue weighted by atomic mass is 16.3. The Hall–Kier alpha value is -2.33. The molecule has 1 amide bonds. The predicted octanol–water partition coefficient (Wildman–Crippen LogP) is 3.16. The van der Waals surface area contributed by atoms with Gasteiger partial charge in [-0.25, -0.2) is 0 Å². The number of aliphatic hydroxyl groups is 1. The van der Waals surface area contributed by atoms with Crippen LogP contribution in [0, 0.1) is 13.8 Å². The van der Waals surface area contributed by atoms with Crippen molar-refractivity contribution in [1.82, 2.24) is 5.32 Å². The van der Waals surface area contributed by atoms with E-state index in [1.165, 1.54) is 5.56 Å². The van der Waals surface area contributed by atoms with Gasteiger partial charge in [0.05, 0.1) is 17.9 Å². The number of anilines is 2. The van der Waals surface area contributed by atoms with Crippen molar-refractivity contribution < 1.29 is 9.90 Å². The highest BCUT2D eigenvalue weighted by Crippen LogP contribution is 2.25. The number of hydrogen-bond acceptors (Lipinski definition) is 3. The second-order valence-electron chi connectivity index (χ2n) is 5.48. The Labute approximate surface area is 131 Å². The number of carbonyl (C=O) groups excluding carboxylic acids is 1. The van der Waals surface area contributed by atoms with E-state index in [9.17, 15) is 4.79 Å². The summed E-state index contributed by atoms with van der Waals surface area (Å²) < 4.78 is 0. The number of hydrogen-bond donors (Lipinski definition) is 3. The molecule has 2 aromatic carbocycles. The number of benzene rings is 2. The normalized spacial score (nSPS) is 11.8. The summed E-state index contributed by atoms with van der Waals surface area (Å²) in [5, 5.41) is 15.2. The summed E-state index contributed by atoms with van der Waals surface area (Å²) in [7, 11) is 0. The number of aryl methyl sites for hydroxylation is 1. The van der Waals surface area contributed by atoms with Crippen molar-refractivity contribution in [3.05, 3.63) is 59.2 Å². The van der Waals surface area contributed by atoms with Gasteiger partial charge in [-0.1, -0.05) is 24.3 Å². The van der Waals surface area contributed by atoms with E-state index in [2.05, 4.69) is 23.6 Å². The number of carbonyl (C=O) groups is 1. The minimum Gasteiger partial charge on any atom is -0.394 e. The fourth-order valence-electron chi connectivity index (χ4n) is 2.17. The van der Waals surface area contributed by atoms with Crippen molar-refractivity contribution in [3.8, 4) is 0 Å². The smallest absolute Gasteiger partial charge is 0.253 e. The maximum absolute atomic E-state index is 12.3. The summed E-state index contributed by atoms with van der Waals surface area (Å²) in [4.78, 5) is 12.3. The molecule has 0 aliphatic carbocycles. The molecule has 22 heavy (non-hydrogen) atoms. The molecule has 0 aliphatic rings. The van der Waals surface area contributed by atoms with Gasteiger partial charge in [-0.2, -0.15) is 0 Å². The third-order valence-electron chi connectivity index (χ3n) is 3.70. The first kappa shape index (κ1) is 16.0. The number of nitrogens with one attached hydrogen (secondary N) is 2. The lowest BCUT2D eigenvalue weighted by Crippen LogP contribution is -2.35. The van der Waals surface area contributed by atoms with Gasteiger partial charge >= 0.3 is 0 Å². The van der Waals surface area contributed by atoms with Gasteiger partial charge in [0.1, 0.15) is 0 Å². The van der Waals surface area contributed by atoms with E-state index < -0.39 is 0 Å². The molecule has 0 bridgehead atoms. The molecule has 1 atom stereocenters. The largest absolute Gasteiger partial charge is 0.394 e. The summed E-state index contributed by atoms with van der Waals surface area (Å²) in [5.41, 5.74) is 4.64. The zero-order valence-corrected chi connectivity index (χ0v) is 13.2. The van der Waals surface area contributed by atoms with Gasteiger partial charge in [0.2, 0.25) is 0 Å². The van der Waals surface area contributed by atoms with Crippen LogP contribution in [0.4, 0.5) is 11.4 Å². The van der Waals surface area contributed by atoms with Crippen LogP contribution in [0.1, 0.15) is 28.4 Å². The topological polar surface area (TPSA) is 61.4 Å². The van der Waals surface area contributed by atoms with Gasteiger partial charge in [0, 0.05) is 11.7 Å². The van der Waals surface area contributed by atoms with E-state index in [1.54, 1.807) is 13.0 Å². The van der Waals surface area contributed by atoms with Crippen LogP contribution in [0.25, 0.3) is 0 Å². The highest BCUT2D eigenvalue weighted by Gasteiger charge is 2.13. The van der Waals surface area contributed by atoms with Gasteiger partial charge < -0.3 is 15.7 Å². The van der Waals surface area contributed by atoms with E-state index in [0.717, 1.165) is 16.9 Å². The third kappa shape index (κ3) is 3.65. The quantitative estimate of drug-likeness (QED) is 0.794. The van der Waals surface area contributed by atoms with Gasteiger partial charge in [0.25, 0.3) is 5.91 Å². The maximum Gasteiger partial charge on any atom is 0.253 e. The molecule has 0 aliphatic heterocycles. The van der Waals surface area contributed by atoms with Crippen LogP contribution in [-0.4, -0.2) is 23.7 Å². The van der Waals surface area contributed by atoms with Crippen molar-refractivity contribution in [3.63, 3.8) is 0 Å². The summed E-state index contributed by atoms with van der Waals surface area (Å²) in [6.45, 7) is 5.78. The molecule has 4 nitrogen and oxygen atoms in total. The first-order valence-corrected chi connectivity index (χ1v) is 7.37. The lowest BCUT2D eigenvalue weighted by molar-refractivity contribution is 0.0923. The Morgan fingerprint density at radius 3 is 2.50 bits per heavy atom. The summed E-state index contributed by atoms with van der Waals surface area (Å²) in [6.07, 6.45) is 0. The summed E-state index contributed by atoms with van der Waals surface area (Å²) in [5.74, 6) is -0.199. The Balaban J connectivity index is 2.29. The lowest BCUT2D eigenvalue weighted by atomic mass is 10.1. The third-order valence-corrected chi connectivity index (χ3v) is 3.70. The van der Waals surface area contributed by atoms with Crippen LogP contribution in [0.15, 0.2) is 42.5 Å². The number of para-hydroxylation sites is 1. The minimum atomic E-state index is -0.277. The van der Waals surface area contributed by atoms with E-state index in [1.807, 2.05) is 37.3 Å². The fraction of sp³-hybridized carbons (Fsp3) is 0.278. The summed E-state index contributed by atoms with van der Waals surface area (Å²) in [6, 6.07) is 13.1. The number of rotatable bonds is 5. The molecule has 1 unspecified atom stereocenters. The van der Waals surface area contributed by atoms with Gasteiger partial charge in [-0.15, -0.1) is 0 Å². The molecule has 0 heterocycles. The Kier molecular flexibility index (Phi) is 5.17. The molecule has 0 spiro atoms. The van der Waals surface area contributed by atoms with Crippen molar-refractivity contribution in [2.75, 3.05) is 11.9 Å². The highest BCUT2D eigenvalue weighted by molar-refractivity contribution is 6.00. The van der Waals surface area contributed by atoms with Crippen LogP contribution < -0.4 is 10.6 Å².